The number of nitrogens with one attached hydrogen (secondary N) is 2. The average Bonchev–Trinajstić information content (AvgIpc) is 3.16. The van der Waals surface area contributed by atoms with Crippen molar-refractivity contribution in [2.75, 3.05) is 13.2 Å². The Bertz CT molecular complexity index is 746. The molecule has 4 fully saturated rings. The summed E-state index contributed by atoms with van der Waals surface area (Å²) < 4.78 is 11.2. The van der Waals surface area contributed by atoms with E-state index in [1.54, 1.807) is 24.3 Å². The third-order valence-corrected chi connectivity index (χ3v) is 6.40. The number of rotatable bonds is 8. The lowest BCUT2D eigenvalue weighted by Crippen LogP contribution is -2.84. The maximum absolute atomic E-state index is 12.1. The molecule has 2 bridgehead atoms. The van der Waals surface area contributed by atoms with E-state index in [9.17, 15) is 9.59 Å². The van der Waals surface area contributed by atoms with Gasteiger partial charge in [0.15, 0.2) is 6.61 Å². The van der Waals surface area contributed by atoms with Crippen molar-refractivity contribution in [1.82, 2.24) is 10.6 Å². The van der Waals surface area contributed by atoms with E-state index in [-0.39, 0.29) is 41.7 Å². The first-order valence-electron chi connectivity index (χ1n) is 9.36. The van der Waals surface area contributed by atoms with Gasteiger partial charge in [0.25, 0.3) is 5.91 Å². The lowest BCUT2D eigenvalue weighted by atomic mass is 9.44. The molecule has 1 aromatic rings. The molecule has 0 aliphatic heterocycles. The van der Waals surface area contributed by atoms with E-state index in [0.29, 0.717) is 16.7 Å². The van der Waals surface area contributed by atoms with Crippen LogP contribution in [0, 0.1) is 5.92 Å². The fourth-order valence-corrected chi connectivity index (χ4v) is 4.50. The lowest BCUT2D eigenvalue weighted by molar-refractivity contribution is -0.154. The van der Waals surface area contributed by atoms with E-state index < -0.39 is 0 Å². The molecule has 5 rings (SSSR count). The maximum Gasteiger partial charge on any atom is 0.258 e. The highest BCUT2D eigenvalue weighted by Crippen LogP contribution is 2.60. The minimum Gasteiger partial charge on any atom is -0.484 e. The Morgan fingerprint density at radius 1 is 1.07 bits per heavy atom. The highest BCUT2D eigenvalue weighted by Gasteiger charge is 2.69. The Labute approximate surface area is 163 Å². The van der Waals surface area contributed by atoms with Gasteiger partial charge in [-0.05, 0) is 62.8 Å². The van der Waals surface area contributed by atoms with Gasteiger partial charge in [-0.1, -0.05) is 18.5 Å². The molecule has 0 radical (unpaired) electrons. The smallest absolute Gasteiger partial charge is 0.258 e. The molecular formula is C20H25ClN2O4. The molecule has 4 aliphatic rings. The number of hydrogen-bond donors (Lipinski definition) is 2. The Morgan fingerprint density at radius 2 is 1.59 bits per heavy atom. The zero-order chi connectivity index (χ0) is 19.3. The number of carbonyl (C=O) groups excluding carboxylic acids is 2. The number of hydrogen-bond acceptors (Lipinski definition) is 4. The van der Waals surface area contributed by atoms with Gasteiger partial charge in [0.1, 0.15) is 12.4 Å². The SMILES string of the molecule is CC1CC1(C)OCC(=O)NC12CC(NC(=O)COc3ccc(Cl)cc3)(C1)C2. The van der Waals surface area contributed by atoms with Crippen molar-refractivity contribution < 1.29 is 19.1 Å². The summed E-state index contributed by atoms with van der Waals surface area (Å²) in [5, 5.41) is 6.74. The number of carbonyl (C=O) groups is 2. The Balaban J connectivity index is 1.15. The van der Waals surface area contributed by atoms with Crippen LogP contribution in [0.5, 0.6) is 5.75 Å². The Morgan fingerprint density at radius 3 is 2.11 bits per heavy atom. The van der Waals surface area contributed by atoms with Crippen molar-refractivity contribution in [2.24, 2.45) is 5.92 Å². The normalized spacial score (nSPS) is 35.4. The van der Waals surface area contributed by atoms with Crippen LogP contribution in [-0.2, 0) is 14.3 Å². The molecule has 0 aromatic heterocycles. The topological polar surface area (TPSA) is 76.7 Å². The van der Waals surface area contributed by atoms with Crippen molar-refractivity contribution in [3.05, 3.63) is 29.3 Å². The molecule has 146 valence electrons. The van der Waals surface area contributed by atoms with Crippen LogP contribution in [0.1, 0.15) is 39.5 Å². The fourth-order valence-electron chi connectivity index (χ4n) is 4.38. The van der Waals surface area contributed by atoms with E-state index in [2.05, 4.69) is 17.6 Å². The largest absolute Gasteiger partial charge is 0.484 e. The summed E-state index contributed by atoms with van der Waals surface area (Å²) in [6, 6.07) is 6.89. The molecule has 4 saturated carbocycles. The minimum atomic E-state index is -0.189. The molecule has 1 aromatic carbocycles. The molecule has 0 saturated heterocycles. The fraction of sp³-hybridized carbons (Fsp3) is 0.600. The van der Waals surface area contributed by atoms with Crippen LogP contribution in [0.15, 0.2) is 24.3 Å². The van der Waals surface area contributed by atoms with Crippen LogP contribution < -0.4 is 15.4 Å². The highest BCUT2D eigenvalue weighted by atomic mass is 35.5. The van der Waals surface area contributed by atoms with Gasteiger partial charge in [-0.2, -0.15) is 0 Å². The Kier molecular flexibility index (Phi) is 4.39. The minimum absolute atomic E-state index is 0.0344. The van der Waals surface area contributed by atoms with Gasteiger partial charge in [-0.15, -0.1) is 0 Å². The van der Waals surface area contributed by atoms with Crippen LogP contribution in [0.2, 0.25) is 5.02 Å². The quantitative estimate of drug-likeness (QED) is 0.712. The summed E-state index contributed by atoms with van der Waals surface area (Å²) in [4.78, 5) is 24.2. The van der Waals surface area contributed by atoms with Crippen LogP contribution >= 0.6 is 11.6 Å². The van der Waals surface area contributed by atoms with Crippen molar-refractivity contribution in [3.63, 3.8) is 0 Å². The molecule has 27 heavy (non-hydrogen) atoms. The highest BCUT2D eigenvalue weighted by molar-refractivity contribution is 6.30. The number of ether oxygens (including phenoxy) is 2. The van der Waals surface area contributed by atoms with E-state index in [0.717, 1.165) is 25.7 Å². The predicted molar refractivity (Wildman–Crippen MR) is 101 cm³/mol. The number of benzene rings is 1. The van der Waals surface area contributed by atoms with Gasteiger partial charge < -0.3 is 20.1 Å². The molecule has 6 nitrogen and oxygen atoms in total. The van der Waals surface area contributed by atoms with Gasteiger partial charge in [-0.3, -0.25) is 9.59 Å². The zero-order valence-electron chi connectivity index (χ0n) is 15.6. The molecule has 2 unspecified atom stereocenters. The second kappa shape index (κ2) is 6.38. The van der Waals surface area contributed by atoms with E-state index in [1.165, 1.54) is 0 Å². The van der Waals surface area contributed by atoms with E-state index in [4.69, 9.17) is 21.1 Å². The second-order valence-electron chi connectivity index (χ2n) is 8.64. The van der Waals surface area contributed by atoms with Crippen molar-refractivity contribution in [1.29, 1.82) is 0 Å². The van der Waals surface area contributed by atoms with Gasteiger partial charge in [0.05, 0.1) is 5.60 Å². The molecule has 0 heterocycles. The summed E-state index contributed by atoms with van der Waals surface area (Å²) in [6.45, 7) is 4.25. The van der Waals surface area contributed by atoms with Gasteiger partial charge in [0.2, 0.25) is 5.91 Å². The maximum atomic E-state index is 12.1. The number of halogens is 1. The Hall–Kier alpha value is -1.79. The summed E-state index contributed by atoms with van der Waals surface area (Å²) in [5.41, 5.74) is -0.484. The van der Waals surface area contributed by atoms with E-state index in [1.807, 2.05) is 6.92 Å². The summed E-state index contributed by atoms with van der Waals surface area (Å²) in [7, 11) is 0. The average molecular weight is 393 g/mol. The number of amides is 2. The summed E-state index contributed by atoms with van der Waals surface area (Å²) >= 11 is 5.82. The van der Waals surface area contributed by atoms with Gasteiger partial charge in [-0.25, -0.2) is 0 Å². The van der Waals surface area contributed by atoms with Crippen molar-refractivity contribution in [2.45, 2.75) is 56.2 Å². The first-order chi connectivity index (χ1) is 12.7. The van der Waals surface area contributed by atoms with Gasteiger partial charge in [0, 0.05) is 16.1 Å². The van der Waals surface area contributed by atoms with Crippen LogP contribution in [0.4, 0.5) is 0 Å². The monoisotopic (exact) mass is 392 g/mol. The van der Waals surface area contributed by atoms with Gasteiger partial charge >= 0.3 is 0 Å². The molecule has 2 N–H and O–H groups in total. The second-order valence-corrected chi connectivity index (χ2v) is 9.07. The first kappa shape index (κ1) is 18.6. The summed E-state index contributed by atoms with van der Waals surface area (Å²) in [6.07, 6.45) is 3.32. The third-order valence-electron chi connectivity index (χ3n) is 6.15. The molecular weight excluding hydrogens is 368 g/mol. The molecule has 2 atom stereocenters. The van der Waals surface area contributed by atoms with Crippen LogP contribution in [-0.4, -0.2) is 41.7 Å². The first-order valence-corrected chi connectivity index (χ1v) is 9.74. The lowest BCUT2D eigenvalue weighted by Gasteiger charge is -2.70. The molecule has 0 spiro atoms. The molecule has 4 aliphatic carbocycles. The molecule has 2 amide bonds. The van der Waals surface area contributed by atoms with E-state index >= 15 is 0 Å². The van der Waals surface area contributed by atoms with Crippen molar-refractivity contribution in [3.8, 4) is 5.75 Å². The zero-order valence-corrected chi connectivity index (χ0v) is 16.4. The molecule has 7 heteroatoms. The standard InChI is InChI=1S/C20H25ClN2O4/c1-13-7-18(13,2)27-9-17(25)23-20-10-19(11-20,12-20)22-16(24)8-26-15-5-3-14(21)4-6-15/h3-6,13H,7-12H2,1-2H3,(H,22,24)(H,23,25). The third kappa shape index (κ3) is 3.78. The van der Waals surface area contributed by atoms with Crippen LogP contribution in [0.25, 0.3) is 0 Å². The summed E-state index contributed by atoms with van der Waals surface area (Å²) in [5.74, 6) is 0.910. The van der Waals surface area contributed by atoms with Crippen LogP contribution in [0.3, 0.4) is 0 Å². The van der Waals surface area contributed by atoms with Crippen molar-refractivity contribution >= 4 is 23.4 Å². The predicted octanol–water partition coefficient (Wildman–Crippen LogP) is 2.44.